The third kappa shape index (κ3) is 5.18. The van der Waals surface area contributed by atoms with E-state index in [1.54, 1.807) is 30.3 Å². The average molecular weight is 420 g/mol. The minimum atomic E-state index is -1.14. The maximum absolute atomic E-state index is 12.5. The van der Waals surface area contributed by atoms with Crippen molar-refractivity contribution in [3.63, 3.8) is 0 Å². The molecule has 0 spiro atoms. The Morgan fingerprint density at radius 3 is 1.92 bits per heavy atom. The molecule has 0 aliphatic carbocycles. The van der Waals surface area contributed by atoms with Crippen LogP contribution in [-0.4, -0.2) is 53.1 Å². The van der Waals surface area contributed by atoms with Crippen LogP contribution in [0.2, 0.25) is 4.82 Å². The number of methoxy groups -OCH3 is 2. The van der Waals surface area contributed by atoms with Gasteiger partial charge in [0.2, 0.25) is 0 Å². The van der Waals surface area contributed by atoms with Crippen LogP contribution in [0, 0.1) is 0 Å². The van der Waals surface area contributed by atoms with Crippen molar-refractivity contribution in [2.45, 2.75) is 10.9 Å². The number of ether oxygens (including phenoxy) is 2. The summed E-state index contributed by atoms with van der Waals surface area (Å²) in [6.45, 7) is 0. The minimum absolute atomic E-state index is 0.386. The van der Waals surface area contributed by atoms with Crippen LogP contribution in [0.5, 0.6) is 0 Å². The second-order valence-electron chi connectivity index (χ2n) is 5.21. The van der Waals surface area contributed by atoms with E-state index in [-0.39, 0.29) is 0 Å². The first-order valence-electron chi connectivity index (χ1n) is 7.80. The van der Waals surface area contributed by atoms with Crippen LogP contribution in [0.3, 0.4) is 0 Å². The van der Waals surface area contributed by atoms with Crippen molar-refractivity contribution in [3.8, 4) is 0 Å². The Labute approximate surface area is 158 Å². The van der Waals surface area contributed by atoms with Gasteiger partial charge in [-0.15, -0.1) is 0 Å². The molecular formula is C19H19NO5Se. The zero-order chi connectivity index (χ0) is 18.9. The Hall–Kier alpha value is -2.63. The van der Waals surface area contributed by atoms with Gasteiger partial charge in [0, 0.05) is 0 Å². The first kappa shape index (κ1) is 19.7. The number of rotatable bonds is 7. The summed E-state index contributed by atoms with van der Waals surface area (Å²) in [4.78, 5) is 36.3. The van der Waals surface area contributed by atoms with Gasteiger partial charge in [0.1, 0.15) is 0 Å². The van der Waals surface area contributed by atoms with Gasteiger partial charge in [-0.2, -0.15) is 0 Å². The number of amides is 1. The summed E-state index contributed by atoms with van der Waals surface area (Å²) in [6.07, 6.45) is 0. The molecule has 2 rings (SSSR count). The van der Waals surface area contributed by atoms with E-state index in [4.69, 9.17) is 9.47 Å². The van der Waals surface area contributed by atoms with E-state index in [0.717, 1.165) is 4.46 Å². The van der Waals surface area contributed by atoms with Crippen molar-refractivity contribution < 1.29 is 23.9 Å². The van der Waals surface area contributed by atoms with Gasteiger partial charge in [0.25, 0.3) is 0 Å². The summed E-state index contributed by atoms with van der Waals surface area (Å²) in [5, 5.41) is 2.62. The molecule has 2 atom stereocenters. The zero-order valence-electron chi connectivity index (χ0n) is 14.4. The fourth-order valence-electron chi connectivity index (χ4n) is 2.21. The molecule has 26 heavy (non-hydrogen) atoms. The van der Waals surface area contributed by atoms with Crippen molar-refractivity contribution in [2.24, 2.45) is 0 Å². The molecule has 0 saturated carbocycles. The van der Waals surface area contributed by atoms with E-state index in [2.05, 4.69) is 5.32 Å². The summed E-state index contributed by atoms with van der Waals surface area (Å²) in [6, 6.07) is 16.6. The van der Waals surface area contributed by atoms with E-state index in [1.165, 1.54) is 14.2 Å². The van der Waals surface area contributed by atoms with Crippen LogP contribution in [0.1, 0.15) is 10.4 Å². The second kappa shape index (κ2) is 9.75. The van der Waals surface area contributed by atoms with Gasteiger partial charge < -0.3 is 0 Å². The molecule has 0 aliphatic rings. The third-order valence-corrected chi connectivity index (χ3v) is 6.17. The van der Waals surface area contributed by atoms with Crippen LogP contribution >= 0.6 is 0 Å². The number of esters is 2. The monoisotopic (exact) mass is 421 g/mol. The summed E-state index contributed by atoms with van der Waals surface area (Å²) in [5.74, 6) is -1.72. The molecule has 0 aliphatic heterocycles. The molecule has 1 N–H and O–H groups in total. The number of carbonyl (C=O) groups is 3. The number of carbonyl (C=O) groups excluding carboxylic acids is 3. The van der Waals surface area contributed by atoms with Crippen molar-refractivity contribution in [1.82, 2.24) is 5.32 Å². The molecular weight excluding hydrogens is 401 g/mol. The molecule has 2 aromatic carbocycles. The van der Waals surface area contributed by atoms with Crippen LogP contribution in [0.4, 0.5) is 0 Å². The number of hydrogen-bond acceptors (Lipinski definition) is 5. The molecule has 0 unspecified atom stereocenters. The summed E-state index contributed by atoms with van der Waals surface area (Å²) in [5.41, 5.74) is 0.386. The van der Waals surface area contributed by atoms with E-state index >= 15 is 0 Å². The number of benzene rings is 2. The molecule has 6 nitrogen and oxygen atoms in total. The van der Waals surface area contributed by atoms with Crippen LogP contribution < -0.4 is 9.78 Å². The van der Waals surface area contributed by atoms with Crippen molar-refractivity contribution in [3.05, 3.63) is 66.2 Å². The van der Waals surface area contributed by atoms with Gasteiger partial charge in [-0.3, -0.25) is 0 Å². The van der Waals surface area contributed by atoms with E-state index in [0.29, 0.717) is 5.56 Å². The molecule has 0 fully saturated rings. The van der Waals surface area contributed by atoms with Gasteiger partial charge in [-0.25, -0.2) is 0 Å². The Morgan fingerprint density at radius 2 is 1.38 bits per heavy atom. The van der Waals surface area contributed by atoms with E-state index in [9.17, 15) is 14.4 Å². The van der Waals surface area contributed by atoms with Gasteiger partial charge >= 0.3 is 158 Å². The number of nitrogens with one attached hydrogen (secondary N) is 1. The van der Waals surface area contributed by atoms with Crippen molar-refractivity contribution in [1.29, 1.82) is 0 Å². The third-order valence-electron chi connectivity index (χ3n) is 3.52. The molecule has 1 amide bonds. The second-order valence-corrected chi connectivity index (χ2v) is 7.76. The van der Waals surface area contributed by atoms with Crippen LogP contribution in [-0.2, 0) is 19.1 Å². The standard InChI is InChI=1S/C19H19NO5Se/c1-24-18(22)15(20-17(21)13-9-5-3-6-10-13)16(19(23)25-2)26-14-11-7-4-8-12-14/h3-12,15-16H,1-2H3,(H,20,21)/t15-,16+/m0/s1. The quantitative estimate of drug-likeness (QED) is 0.533. The summed E-state index contributed by atoms with van der Waals surface area (Å²) < 4.78 is 10.6. The Bertz CT molecular complexity index is 751. The Balaban J connectivity index is 2.29. The average Bonchev–Trinajstić information content (AvgIpc) is 2.70. The number of hydrogen-bond donors (Lipinski definition) is 1. The van der Waals surface area contributed by atoms with Crippen LogP contribution in [0.25, 0.3) is 0 Å². The fourth-order valence-corrected chi connectivity index (χ4v) is 4.55. The van der Waals surface area contributed by atoms with Crippen LogP contribution in [0.15, 0.2) is 60.7 Å². The van der Waals surface area contributed by atoms with Gasteiger partial charge in [-0.05, 0) is 0 Å². The van der Waals surface area contributed by atoms with Gasteiger partial charge in [0.05, 0.1) is 0 Å². The first-order valence-corrected chi connectivity index (χ1v) is 9.64. The molecule has 7 heteroatoms. The molecule has 136 valence electrons. The molecule has 0 bridgehead atoms. The molecule has 0 saturated heterocycles. The van der Waals surface area contributed by atoms with Crippen molar-refractivity contribution >= 4 is 37.3 Å². The van der Waals surface area contributed by atoms with E-state index in [1.807, 2.05) is 30.3 Å². The summed E-state index contributed by atoms with van der Waals surface area (Å²) in [7, 11) is 2.47. The molecule has 2 aromatic rings. The normalized spacial score (nSPS) is 12.5. The Morgan fingerprint density at radius 1 is 0.846 bits per heavy atom. The zero-order valence-corrected chi connectivity index (χ0v) is 16.1. The molecule has 0 heterocycles. The fraction of sp³-hybridized carbons (Fsp3) is 0.211. The van der Waals surface area contributed by atoms with E-state index < -0.39 is 43.7 Å². The topological polar surface area (TPSA) is 81.7 Å². The van der Waals surface area contributed by atoms with Gasteiger partial charge in [-0.1, -0.05) is 0 Å². The molecule has 0 aromatic heterocycles. The van der Waals surface area contributed by atoms with Gasteiger partial charge in [0.15, 0.2) is 0 Å². The predicted octanol–water partition coefficient (Wildman–Crippen LogP) is 0.949. The first-order chi connectivity index (χ1) is 12.6. The maximum atomic E-state index is 12.5. The molecule has 0 radical (unpaired) electrons. The SMILES string of the molecule is COC(=O)[C@@H](NC(=O)c1ccccc1)[C@@H]([Se]c1ccccc1)C(=O)OC. The Kier molecular flexibility index (Phi) is 7.38. The van der Waals surface area contributed by atoms with Crippen molar-refractivity contribution in [2.75, 3.05) is 14.2 Å². The summed E-state index contributed by atoms with van der Waals surface area (Å²) >= 11 is -0.447. The predicted molar refractivity (Wildman–Crippen MR) is 97.3 cm³/mol.